The molecular formula is C7H12O2. The van der Waals surface area contributed by atoms with Gasteiger partial charge in [0.25, 0.3) is 0 Å². The summed E-state index contributed by atoms with van der Waals surface area (Å²) in [5.41, 5.74) is 0. The largest absolute Gasteiger partial charge is 0.473 e. The minimum atomic E-state index is -0.222. The molecule has 0 fully saturated rings. The van der Waals surface area contributed by atoms with E-state index < -0.39 is 0 Å². The number of methoxy groups -OCH3 is 1. The summed E-state index contributed by atoms with van der Waals surface area (Å²) in [7, 11) is 1.58. The Labute approximate surface area is 55.8 Å². The van der Waals surface area contributed by atoms with Crippen molar-refractivity contribution in [1.82, 2.24) is 0 Å². The van der Waals surface area contributed by atoms with Crippen molar-refractivity contribution in [3.8, 4) is 0 Å². The van der Waals surface area contributed by atoms with Crippen molar-refractivity contribution in [2.45, 2.75) is 12.7 Å². The molecule has 0 spiro atoms. The van der Waals surface area contributed by atoms with E-state index in [9.17, 15) is 0 Å². The molecule has 9 heavy (non-hydrogen) atoms. The van der Waals surface area contributed by atoms with Gasteiger partial charge in [-0.15, -0.1) is 6.58 Å². The Balaban J connectivity index is 3.39. The lowest BCUT2D eigenvalue weighted by atomic mass is 10.4. The van der Waals surface area contributed by atoms with Gasteiger partial charge in [-0.1, -0.05) is 12.7 Å². The van der Waals surface area contributed by atoms with E-state index in [1.165, 1.54) is 6.26 Å². The van der Waals surface area contributed by atoms with Crippen molar-refractivity contribution >= 4 is 0 Å². The molecule has 0 aromatic carbocycles. The molecule has 1 unspecified atom stereocenters. The Morgan fingerprint density at radius 3 is 2.56 bits per heavy atom. The van der Waals surface area contributed by atoms with Crippen LogP contribution in [0.1, 0.15) is 6.42 Å². The zero-order valence-electron chi connectivity index (χ0n) is 5.67. The highest BCUT2D eigenvalue weighted by Gasteiger charge is 1.99. The summed E-state index contributed by atoms with van der Waals surface area (Å²) < 4.78 is 9.77. The van der Waals surface area contributed by atoms with Crippen LogP contribution in [0.2, 0.25) is 0 Å². The topological polar surface area (TPSA) is 18.5 Å². The van der Waals surface area contributed by atoms with Gasteiger partial charge in [-0.3, -0.25) is 0 Å². The lowest BCUT2D eigenvalue weighted by Crippen LogP contribution is -2.09. The van der Waals surface area contributed by atoms with Crippen molar-refractivity contribution in [2.24, 2.45) is 0 Å². The maximum Gasteiger partial charge on any atom is 0.202 e. The van der Waals surface area contributed by atoms with E-state index in [-0.39, 0.29) is 6.29 Å². The maximum atomic E-state index is 4.90. The number of rotatable bonds is 5. The van der Waals surface area contributed by atoms with Crippen LogP contribution in [0.25, 0.3) is 0 Å². The Morgan fingerprint density at radius 1 is 1.56 bits per heavy atom. The highest BCUT2D eigenvalue weighted by atomic mass is 16.7. The van der Waals surface area contributed by atoms with Crippen LogP contribution in [0.15, 0.2) is 25.5 Å². The first kappa shape index (κ1) is 8.24. The average Bonchev–Trinajstić information content (AvgIpc) is 1.88. The predicted molar refractivity (Wildman–Crippen MR) is 36.9 cm³/mol. The molecule has 0 aliphatic rings. The Kier molecular flexibility index (Phi) is 4.92. The van der Waals surface area contributed by atoms with E-state index in [0.717, 1.165) is 0 Å². The van der Waals surface area contributed by atoms with Crippen LogP contribution in [0.5, 0.6) is 0 Å². The first-order chi connectivity index (χ1) is 4.35. The predicted octanol–water partition coefficient (Wildman–Crippen LogP) is 1.70. The highest BCUT2D eigenvalue weighted by Crippen LogP contribution is 1.98. The highest BCUT2D eigenvalue weighted by molar-refractivity contribution is 4.69. The van der Waals surface area contributed by atoms with E-state index in [2.05, 4.69) is 13.2 Å². The molecule has 0 N–H and O–H groups in total. The van der Waals surface area contributed by atoms with Gasteiger partial charge in [-0.25, -0.2) is 0 Å². The van der Waals surface area contributed by atoms with Gasteiger partial charge in [0.1, 0.15) is 0 Å². The van der Waals surface area contributed by atoms with Crippen LogP contribution in [-0.2, 0) is 9.47 Å². The molecule has 0 heterocycles. The van der Waals surface area contributed by atoms with Gasteiger partial charge < -0.3 is 9.47 Å². The fourth-order valence-electron chi connectivity index (χ4n) is 0.451. The monoisotopic (exact) mass is 128 g/mol. The lowest BCUT2D eigenvalue weighted by molar-refractivity contribution is -0.0787. The zero-order chi connectivity index (χ0) is 7.11. The maximum absolute atomic E-state index is 4.90. The summed E-state index contributed by atoms with van der Waals surface area (Å²) in [6, 6.07) is 0. The van der Waals surface area contributed by atoms with Crippen molar-refractivity contribution in [2.75, 3.05) is 7.11 Å². The lowest BCUT2D eigenvalue weighted by Gasteiger charge is -2.10. The normalized spacial score (nSPS) is 12.1. The van der Waals surface area contributed by atoms with Crippen LogP contribution in [0.3, 0.4) is 0 Å². The molecule has 0 aromatic heterocycles. The molecule has 0 aromatic rings. The van der Waals surface area contributed by atoms with E-state index in [1.807, 2.05) is 0 Å². The molecule has 0 rings (SSSR count). The quantitative estimate of drug-likeness (QED) is 0.318. The standard InChI is InChI=1S/C7H12O2/c1-4-6-7(8-3)9-5-2/h4-5,7H,1-2,6H2,3H3. The summed E-state index contributed by atoms with van der Waals surface area (Å²) >= 11 is 0. The van der Waals surface area contributed by atoms with E-state index in [4.69, 9.17) is 9.47 Å². The third-order valence-electron chi connectivity index (χ3n) is 0.870. The molecule has 0 aliphatic heterocycles. The molecule has 2 heteroatoms. The molecule has 52 valence electrons. The first-order valence-electron chi connectivity index (χ1n) is 2.75. The van der Waals surface area contributed by atoms with Gasteiger partial charge in [-0.05, 0) is 0 Å². The molecule has 0 saturated carbocycles. The summed E-state index contributed by atoms with van der Waals surface area (Å²) in [5, 5.41) is 0. The molecule has 0 amide bonds. The van der Waals surface area contributed by atoms with Crippen LogP contribution >= 0.6 is 0 Å². The smallest absolute Gasteiger partial charge is 0.202 e. The molecule has 0 bridgehead atoms. The number of ether oxygens (including phenoxy) is 2. The summed E-state index contributed by atoms with van der Waals surface area (Å²) in [5.74, 6) is 0. The minimum absolute atomic E-state index is 0.222. The summed E-state index contributed by atoms with van der Waals surface area (Å²) in [6.07, 6.45) is 3.55. The van der Waals surface area contributed by atoms with Crippen molar-refractivity contribution < 1.29 is 9.47 Å². The zero-order valence-corrected chi connectivity index (χ0v) is 5.67. The van der Waals surface area contributed by atoms with E-state index >= 15 is 0 Å². The van der Waals surface area contributed by atoms with Crippen LogP contribution < -0.4 is 0 Å². The summed E-state index contributed by atoms with van der Waals surface area (Å²) in [6.45, 7) is 6.93. The Morgan fingerprint density at radius 2 is 2.22 bits per heavy atom. The van der Waals surface area contributed by atoms with Gasteiger partial charge in [0, 0.05) is 13.5 Å². The van der Waals surface area contributed by atoms with Gasteiger partial charge >= 0.3 is 0 Å². The van der Waals surface area contributed by atoms with Crippen LogP contribution in [-0.4, -0.2) is 13.4 Å². The fraction of sp³-hybridized carbons (Fsp3) is 0.429. The first-order valence-corrected chi connectivity index (χ1v) is 2.75. The van der Waals surface area contributed by atoms with Gasteiger partial charge in [0.15, 0.2) is 0 Å². The average molecular weight is 128 g/mol. The minimum Gasteiger partial charge on any atom is -0.473 e. The third-order valence-corrected chi connectivity index (χ3v) is 0.870. The Bertz CT molecular complexity index is 78.9. The van der Waals surface area contributed by atoms with Gasteiger partial charge in [0.2, 0.25) is 6.29 Å². The Hall–Kier alpha value is -0.760. The molecule has 2 nitrogen and oxygen atoms in total. The van der Waals surface area contributed by atoms with Crippen LogP contribution in [0, 0.1) is 0 Å². The van der Waals surface area contributed by atoms with Crippen molar-refractivity contribution in [1.29, 1.82) is 0 Å². The summed E-state index contributed by atoms with van der Waals surface area (Å²) in [4.78, 5) is 0. The van der Waals surface area contributed by atoms with Gasteiger partial charge in [-0.2, -0.15) is 0 Å². The second-order valence-electron chi connectivity index (χ2n) is 1.49. The third kappa shape index (κ3) is 3.79. The molecule has 0 saturated heterocycles. The van der Waals surface area contributed by atoms with Crippen LogP contribution in [0.4, 0.5) is 0 Å². The molecular weight excluding hydrogens is 116 g/mol. The van der Waals surface area contributed by atoms with Gasteiger partial charge in [0.05, 0.1) is 6.26 Å². The number of hydrogen-bond donors (Lipinski definition) is 0. The second-order valence-corrected chi connectivity index (χ2v) is 1.49. The molecule has 0 radical (unpaired) electrons. The second kappa shape index (κ2) is 5.38. The fourth-order valence-corrected chi connectivity index (χ4v) is 0.451. The molecule has 1 atom stereocenters. The van der Waals surface area contributed by atoms with Crippen molar-refractivity contribution in [3.05, 3.63) is 25.5 Å². The van der Waals surface area contributed by atoms with Crippen molar-refractivity contribution in [3.63, 3.8) is 0 Å². The van der Waals surface area contributed by atoms with E-state index in [1.54, 1.807) is 13.2 Å². The number of hydrogen-bond acceptors (Lipinski definition) is 2. The molecule has 0 aliphatic carbocycles. The van der Waals surface area contributed by atoms with E-state index in [0.29, 0.717) is 6.42 Å². The SMILES string of the molecule is C=CCC(OC)OC=C.